The maximum atomic E-state index is 12.9. The predicted molar refractivity (Wildman–Crippen MR) is 91.2 cm³/mol. The van der Waals surface area contributed by atoms with Crippen molar-refractivity contribution in [2.45, 2.75) is 31.7 Å². The van der Waals surface area contributed by atoms with Crippen molar-refractivity contribution in [2.75, 3.05) is 11.6 Å². The Balaban J connectivity index is 2.38. The molecule has 0 saturated heterocycles. The Hall–Kier alpha value is -1.08. The minimum atomic E-state index is -4.42. The number of carbonyl (C=O) groups is 1. The molecular formula is C16H18F3NOS2. The summed E-state index contributed by atoms with van der Waals surface area (Å²) in [5, 5.41) is 3.64. The van der Waals surface area contributed by atoms with Crippen molar-refractivity contribution in [1.29, 1.82) is 0 Å². The Morgan fingerprint density at radius 2 is 2.04 bits per heavy atom. The summed E-state index contributed by atoms with van der Waals surface area (Å²) in [6, 6.07) is 4.99. The van der Waals surface area contributed by atoms with E-state index in [2.05, 4.69) is 5.32 Å². The van der Waals surface area contributed by atoms with Crippen molar-refractivity contribution >= 4 is 34.9 Å². The first-order chi connectivity index (χ1) is 10.9. The van der Waals surface area contributed by atoms with Crippen LogP contribution in [0.1, 0.15) is 31.4 Å². The highest BCUT2D eigenvalue weighted by Crippen LogP contribution is 2.41. The molecule has 2 rings (SSSR count). The summed E-state index contributed by atoms with van der Waals surface area (Å²) < 4.78 is 38.7. The number of hydrogen-bond acceptors (Lipinski definition) is 4. The number of halogens is 3. The van der Waals surface area contributed by atoms with Crippen LogP contribution in [0.3, 0.4) is 0 Å². The monoisotopic (exact) mass is 361 g/mol. The lowest BCUT2D eigenvalue weighted by atomic mass is 9.98. The number of hydrogen-bond donors (Lipinski definition) is 1. The SMILES string of the molecule is CCSCNC1=C(c2cccc(C(F)(F)F)c2)C(=O)C(CC)S1. The maximum Gasteiger partial charge on any atom is 0.416 e. The van der Waals surface area contributed by atoms with E-state index in [1.54, 1.807) is 17.8 Å². The molecule has 126 valence electrons. The summed E-state index contributed by atoms with van der Waals surface area (Å²) in [7, 11) is 0. The summed E-state index contributed by atoms with van der Waals surface area (Å²) in [5.41, 5.74) is -0.0236. The second-order valence-electron chi connectivity index (χ2n) is 4.98. The van der Waals surface area contributed by atoms with Gasteiger partial charge in [0.1, 0.15) is 0 Å². The van der Waals surface area contributed by atoms with Crippen LogP contribution in [0.25, 0.3) is 5.57 Å². The van der Waals surface area contributed by atoms with Crippen molar-refractivity contribution in [1.82, 2.24) is 5.32 Å². The molecule has 1 N–H and O–H groups in total. The highest BCUT2D eigenvalue weighted by atomic mass is 32.2. The van der Waals surface area contributed by atoms with E-state index in [9.17, 15) is 18.0 Å². The van der Waals surface area contributed by atoms with Gasteiger partial charge in [0, 0.05) is 0 Å². The van der Waals surface area contributed by atoms with Crippen LogP contribution in [-0.4, -0.2) is 22.7 Å². The van der Waals surface area contributed by atoms with Gasteiger partial charge in [-0.2, -0.15) is 13.2 Å². The lowest BCUT2D eigenvalue weighted by Gasteiger charge is -2.11. The number of ketones is 1. The molecule has 2 nitrogen and oxygen atoms in total. The van der Waals surface area contributed by atoms with Gasteiger partial charge in [0.2, 0.25) is 0 Å². The quantitative estimate of drug-likeness (QED) is 0.584. The lowest BCUT2D eigenvalue weighted by Crippen LogP contribution is -2.13. The van der Waals surface area contributed by atoms with Gasteiger partial charge in [0.25, 0.3) is 0 Å². The molecule has 1 aromatic rings. The zero-order chi connectivity index (χ0) is 17.0. The number of benzene rings is 1. The molecule has 0 bridgehead atoms. The fraction of sp³-hybridized carbons (Fsp3) is 0.438. The van der Waals surface area contributed by atoms with Gasteiger partial charge >= 0.3 is 6.18 Å². The average Bonchev–Trinajstić information content (AvgIpc) is 2.83. The smallest absolute Gasteiger partial charge is 0.370 e. The predicted octanol–water partition coefficient (Wildman–Crippen LogP) is 4.77. The van der Waals surface area contributed by atoms with Crippen LogP contribution in [0.5, 0.6) is 0 Å². The molecule has 0 spiro atoms. The molecule has 0 saturated carbocycles. The van der Waals surface area contributed by atoms with Crippen LogP contribution in [-0.2, 0) is 11.0 Å². The molecular weight excluding hydrogens is 343 g/mol. The van der Waals surface area contributed by atoms with Crippen molar-refractivity contribution in [3.63, 3.8) is 0 Å². The van der Waals surface area contributed by atoms with E-state index >= 15 is 0 Å². The second-order valence-corrected chi connectivity index (χ2v) is 7.46. The minimum Gasteiger partial charge on any atom is -0.370 e. The van der Waals surface area contributed by atoms with Gasteiger partial charge in [-0.1, -0.05) is 37.7 Å². The third kappa shape index (κ3) is 4.26. The summed E-state index contributed by atoms with van der Waals surface area (Å²) in [6.45, 7) is 3.93. The van der Waals surface area contributed by atoms with Crippen LogP contribution in [0, 0.1) is 0 Å². The summed E-state index contributed by atoms with van der Waals surface area (Å²) in [6.07, 6.45) is -3.76. The Kier molecular flexibility index (Phi) is 6.08. The third-order valence-corrected chi connectivity index (χ3v) is 5.59. The van der Waals surface area contributed by atoms with Crippen molar-refractivity contribution < 1.29 is 18.0 Å². The molecule has 7 heteroatoms. The van der Waals surface area contributed by atoms with E-state index in [1.165, 1.54) is 17.8 Å². The number of Topliss-reactive ketones (excluding diaryl/α,β-unsaturated/α-hetero) is 1. The summed E-state index contributed by atoms with van der Waals surface area (Å²) in [5.74, 6) is 1.46. The van der Waals surface area contributed by atoms with Gasteiger partial charge in [-0.15, -0.1) is 11.8 Å². The van der Waals surface area contributed by atoms with Gasteiger partial charge in [-0.3, -0.25) is 4.79 Å². The fourth-order valence-corrected chi connectivity index (χ4v) is 3.98. The molecule has 0 amide bonds. The van der Waals surface area contributed by atoms with E-state index in [-0.39, 0.29) is 11.0 Å². The molecule has 1 heterocycles. The van der Waals surface area contributed by atoms with Crippen LogP contribution in [0.2, 0.25) is 0 Å². The molecule has 0 aliphatic carbocycles. The number of nitrogens with one attached hydrogen (secondary N) is 1. The van der Waals surface area contributed by atoms with E-state index in [0.29, 0.717) is 28.5 Å². The zero-order valence-electron chi connectivity index (χ0n) is 12.9. The Labute approximate surface area is 142 Å². The van der Waals surface area contributed by atoms with Crippen molar-refractivity contribution in [2.24, 2.45) is 0 Å². The maximum absolute atomic E-state index is 12.9. The van der Waals surface area contributed by atoms with Gasteiger partial charge in [-0.25, -0.2) is 0 Å². The molecule has 1 atom stereocenters. The third-order valence-electron chi connectivity index (χ3n) is 3.41. The molecule has 23 heavy (non-hydrogen) atoms. The standard InChI is InChI=1S/C16H18F3NOS2/c1-3-12-14(21)13(15(23-12)20-9-22-4-2)10-6-5-7-11(8-10)16(17,18)19/h5-8,12,20H,3-4,9H2,1-2H3. The van der Waals surface area contributed by atoms with E-state index in [1.807, 2.05) is 13.8 Å². The van der Waals surface area contributed by atoms with Crippen molar-refractivity contribution in [3.05, 3.63) is 40.4 Å². The molecule has 1 unspecified atom stereocenters. The van der Waals surface area contributed by atoms with Crippen LogP contribution in [0.4, 0.5) is 13.2 Å². The largest absolute Gasteiger partial charge is 0.416 e. The number of alkyl halides is 3. The summed E-state index contributed by atoms with van der Waals surface area (Å²) in [4.78, 5) is 12.5. The van der Waals surface area contributed by atoms with Gasteiger partial charge in [0.05, 0.1) is 27.3 Å². The first kappa shape index (κ1) is 18.3. The number of thioether (sulfide) groups is 2. The van der Waals surface area contributed by atoms with Crippen LogP contribution >= 0.6 is 23.5 Å². The first-order valence-electron chi connectivity index (χ1n) is 7.32. The highest BCUT2D eigenvalue weighted by molar-refractivity contribution is 8.05. The molecule has 1 aliphatic heterocycles. The fourth-order valence-electron chi connectivity index (χ4n) is 2.27. The number of allylic oxidation sites excluding steroid dienone is 1. The Morgan fingerprint density at radius 1 is 1.30 bits per heavy atom. The molecule has 1 aliphatic rings. The highest BCUT2D eigenvalue weighted by Gasteiger charge is 2.35. The van der Waals surface area contributed by atoms with E-state index in [4.69, 9.17) is 0 Å². The molecule has 1 aromatic carbocycles. The molecule has 0 fully saturated rings. The number of rotatable bonds is 6. The zero-order valence-corrected chi connectivity index (χ0v) is 14.5. The normalized spacial score (nSPS) is 18.7. The van der Waals surface area contributed by atoms with Crippen LogP contribution < -0.4 is 5.32 Å². The topological polar surface area (TPSA) is 29.1 Å². The molecule has 0 radical (unpaired) electrons. The van der Waals surface area contributed by atoms with E-state index < -0.39 is 11.7 Å². The van der Waals surface area contributed by atoms with Gasteiger partial charge in [-0.05, 0) is 29.9 Å². The number of carbonyl (C=O) groups excluding carboxylic acids is 1. The van der Waals surface area contributed by atoms with Crippen LogP contribution in [0.15, 0.2) is 29.3 Å². The van der Waals surface area contributed by atoms with Gasteiger partial charge in [0.15, 0.2) is 5.78 Å². The minimum absolute atomic E-state index is 0.0965. The summed E-state index contributed by atoms with van der Waals surface area (Å²) >= 11 is 3.07. The Bertz CT molecular complexity index is 614. The first-order valence-corrected chi connectivity index (χ1v) is 9.36. The molecule has 0 aromatic heterocycles. The van der Waals surface area contributed by atoms with Gasteiger partial charge < -0.3 is 5.32 Å². The van der Waals surface area contributed by atoms with E-state index in [0.717, 1.165) is 17.9 Å². The average molecular weight is 361 g/mol. The Morgan fingerprint density at radius 3 is 2.65 bits per heavy atom. The van der Waals surface area contributed by atoms with Crippen molar-refractivity contribution in [3.8, 4) is 0 Å². The lowest BCUT2D eigenvalue weighted by molar-refractivity contribution is -0.137. The second kappa shape index (κ2) is 7.66.